The van der Waals surface area contributed by atoms with Gasteiger partial charge in [0.25, 0.3) is 0 Å². The molecule has 2 rings (SSSR count). The number of pyridine rings is 1. The second kappa shape index (κ2) is 5.59. The molecule has 0 radical (unpaired) electrons. The molecule has 0 aliphatic heterocycles. The quantitative estimate of drug-likeness (QED) is 0.608. The Bertz CT molecular complexity index is 554. The summed E-state index contributed by atoms with van der Waals surface area (Å²) >= 11 is 1.05. The van der Waals surface area contributed by atoms with Crippen molar-refractivity contribution in [1.29, 1.82) is 0 Å². The van der Waals surface area contributed by atoms with Crippen LogP contribution in [0.3, 0.4) is 0 Å². The summed E-state index contributed by atoms with van der Waals surface area (Å²) in [6, 6.07) is 3.45. The average molecular weight is 264 g/mol. The highest BCUT2D eigenvalue weighted by atomic mass is 32.1. The molecule has 0 spiro atoms. The topological polar surface area (TPSA) is 65.3 Å². The number of ether oxygens (including phenoxy) is 1. The Balaban J connectivity index is 2.20. The van der Waals surface area contributed by atoms with Crippen molar-refractivity contribution in [3.63, 3.8) is 0 Å². The Labute approximate surface area is 108 Å². The summed E-state index contributed by atoms with van der Waals surface area (Å²) in [6.07, 6.45) is 5.26. The van der Waals surface area contributed by atoms with Gasteiger partial charge in [-0.15, -0.1) is 0 Å². The van der Waals surface area contributed by atoms with E-state index in [2.05, 4.69) is 11.9 Å². The first-order chi connectivity index (χ1) is 8.70. The maximum Gasteiger partial charge on any atom is 0.366 e. The van der Waals surface area contributed by atoms with Crippen LogP contribution < -0.4 is 4.74 Å². The predicted molar refractivity (Wildman–Crippen MR) is 69.3 cm³/mol. The molecule has 2 aromatic heterocycles. The van der Waals surface area contributed by atoms with Crippen molar-refractivity contribution in [1.82, 2.24) is 4.98 Å². The Morgan fingerprint density at radius 2 is 2.33 bits per heavy atom. The van der Waals surface area contributed by atoms with Crippen molar-refractivity contribution in [3.05, 3.63) is 45.6 Å². The molecule has 0 amide bonds. The first-order valence-electron chi connectivity index (χ1n) is 5.54. The zero-order valence-electron chi connectivity index (χ0n) is 9.83. The predicted octanol–water partition coefficient (Wildman–Crippen LogP) is 3.80. The molecule has 0 unspecified atom stereocenters. The number of nitro groups is 1. The summed E-state index contributed by atoms with van der Waals surface area (Å²) in [6.45, 7) is 2.08. The first kappa shape index (κ1) is 12.5. The highest BCUT2D eigenvalue weighted by molar-refractivity contribution is 7.13. The number of hydrogen-bond donors (Lipinski definition) is 0. The van der Waals surface area contributed by atoms with Crippen molar-refractivity contribution >= 4 is 16.3 Å². The molecule has 0 aromatic carbocycles. The third-order valence-corrected chi connectivity index (χ3v) is 3.16. The summed E-state index contributed by atoms with van der Waals surface area (Å²) in [5, 5.41) is 12.4. The largest absolute Gasteiger partial charge is 0.447 e. The van der Waals surface area contributed by atoms with Crippen LogP contribution in [-0.4, -0.2) is 9.91 Å². The second-order valence-electron chi connectivity index (χ2n) is 3.73. The highest BCUT2D eigenvalue weighted by Crippen LogP contribution is 2.36. The van der Waals surface area contributed by atoms with E-state index in [0.717, 1.165) is 29.7 Å². The van der Waals surface area contributed by atoms with Gasteiger partial charge in [0.2, 0.25) is 5.75 Å². The lowest BCUT2D eigenvalue weighted by molar-refractivity contribution is -0.380. The van der Waals surface area contributed by atoms with Crippen LogP contribution in [0.2, 0.25) is 0 Å². The minimum atomic E-state index is -0.441. The van der Waals surface area contributed by atoms with Crippen LogP contribution in [0.15, 0.2) is 29.9 Å². The molecule has 94 valence electrons. The van der Waals surface area contributed by atoms with Crippen molar-refractivity contribution in [2.75, 3.05) is 0 Å². The van der Waals surface area contributed by atoms with Gasteiger partial charge >= 0.3 is 5.00 Å². The third-order valence-electron chi connectivity index (χ3n) is 2.31. The van der Waals surface area contributed by atoms with E-state index in [1.54, 1.807) is 23.8 Å². The van der Waals surface area contributed by atoms with Gasteiger partial charge in [-0.05, 0) is 24.1 Å². The number of hydrogen-bond acceptors (Lipinski definition) is 5. The molecular weight excluding hydrogens is 252 g/mol. The van der Waals surface area contributed by atoms with Crippen LogP contribution in [-0.2, 0) is 6.42 Å². The number of aryl methyl sites for hydroxylation is 1. The maximum atomic E-state index is 10.8. The van der Waals surface area contributed by atoms with Crippen LogP contribution in [0.1, 0.15) is 18.9 Å². The van der Waals surface area contributed by atoms with Crippen molar-refractivity contribution in [3.8, 4) is 11.5 Å². The Morgan fingerprint density at radius 1 is 1.50 bits per heavy atom. The Kier molecular flexibility index (Phi) is 3.88. The van der Waals surface area contributed by atoms with Crippen LogP contribution >= 0.6 is 11.3 Å². The molecule has 0 fully saturated rings. The summed E-state index contributed by atoms with van der Waals surface area (Å²) in [4.78, 5) is 14.4. The van der Waals surface area contributed by atoms with Crippen molar-refractivity contribution in [2.24, 2.45) is 0 Å². The third kappa shape index (κ3) is 2.84. The van der Waals surface area contributed by atoms with Gasteiger partial charge in [0.15, 0.2) is 0 Å². The molecule has 0 saturated heterocycles. The van der Waals surface area contributed by atoms with E-state index in [1.807, 2.05) is 6.07 Å². The zero-order valence-corrected chi connectivity index (χ0v) is 10.6. The van der Waals surface area contributed by atoms with Gasteiger partial charge in [-0.25, -0.2) is 0 Å². The minimum Gasteiger partial charge on any atom is -0.447 e. The van der Waals surface area contributed by atoms with E-state index in [1.165, 1.54) is 0 Å². The second-order valence-corrected chi connectivity index (χ2v) is 4.62. The van der Waals surface area contributed by atoms with E-state index in [9.17, 15) is 10.1 Å². The van der Waals surface area contributed by atoms with Gasteiger partial charge in [0, 0.05) is 11.6 Å². The fourth-order valence-electron chi connectivity index (χ4n) is 1.57. The molecule has 6 heteroatoms. The number of rotatable bonds is 5. The molecule has 0 aliphatic rings. The fraction of sp³-hybridized carbons (Fsp3) is 0.250. The van der Waals surface area contributed by atoms with Gasteiger partial charge in [-0.1, -0.05) is 24.7 Å². The fourth-order valence-corrected chi connectivity index (χ4v) is 2.20. The molecule has 18 heavy (non-hydrogen) atoms. The molecule has 0 saturated carbocycles. The highest BCUT2D eigenvalue weighted by Gasteiger charge is 2.17. The van der Waals surface area contributed by atoms with Gasteiger partial charge in [-0.3, -0.25) is 15.1 Å². The molecule has 0 N–H and O–H groups in total. The zero-order chi connectivity index (χ0) is 13.0. The van der Waals surface area contributed by atoms with Crippen molar-refractivity contribution in [2.45, 2.75) is 19.8 Å². The van der Waals surface area contributed by atoms with Crippen LogP contribution in [0.5, 0.6) is 11.5 Å². The van der Waals surface area contributed by atoms with Crippen LogP contribution in [0.25, 0.3) is 0 Å². The number of aromatic nitrogens is 1. The minimum absolute atomic E-state index is 0.0101. The normalized spacial score (nSPS) is 10.3. The molecular formula is C12H12N2O3S. The smallest absolute Gasteiger partial charge is 0.366 e. The summed E-state index contributed by atoms with van der Waals surface area (Å²) < 4.78 is 5.50. The summed E-state index contributed by atoms with van der Waals surface area (Å²) in [5.41, 5.74) is 1.06. The van der Waals surface area contributed by atoms with Gasteiger partial charge in [-0.2, -0.15) is 0 Å². The molecule has 0 atom stereocenters. The lowest BCUT2D eigenvalue weighted by atomic mass is 10.2. The Morgan fingerprint density at radius 3 is 3.06 bits per heavy atom. The van der Waals surface area contributed by atoms with Gasteiger partial charge in [0.1, 0.15) is 5.75 Å². The van der Waals surface area contributed by atoms with Gasteiger partial charge in [0.05, 0.1) is 11.1 Å². The van der Waals surface area contributed by atoms with Crippen LogP contribution in [0.4, 0.5) is 5.00 Å². The van der Waals surface area contributed by atoms with E-state index < -0.39 is 4.92 Å². The monoisotopic (exact) mass is 264 g/mol. The number of thiophene rings is 1. The van der Waals surface area contributed by atoms with E-state index in [-0.39, 0.29) is 10.8 Å². The molecule has 2 heterocycles. The average Bonchev–Trinajstić information content (AvgIpc) is 2.78. The van der Waals surface area contributed by atoms with E-state index in [0.29, 0.717) is 5.75 Å². The number of nitrogens with zero attached hydrogens (tertiary/aromatic N) is 2. The first-order valence-corrected chi connectivity index (χ1v) is 6.42. The standard InChI is InChI=1S/C12H12N2O3S/c1-2-3-9-6-10(8-13-7-9)17-11-4-5-18-12(11)14(15)16/h4-8H,2-3H2,1H3. The van der Waals surface area contributed by atoms with Crippen molar-refractivity contribution < 1.29 is 9.66 Å². The molecule has 0 aliphatic carbocycles. The van der Waals surface area contributed by atoms with Crippen LogP contribution in [0, 0.1) is 10.1 Å². The van der Waals surface area contributed by atoms with E-state index in [4.69, 9.17) is 4.74 Å². The lowest BCUT2D eigenvalue weighted by Gasteiger charge is -2.04. The summed E-state index contributed by atoms with van der Waals surface area (Å²) in [7, 11) is 0. The molecule has 2 aromatic rings. The summed E-state index contributed by atoms with van der Waals surface area (Å²) in [5.74, 6) is 0.794. The molecule has 0 bridgehead atoms. The SMILES string of the molecule is CCCc1cncc(Oc2ccsc2[N+](=O)[O-])c1. The Hall–Kier alpha value is -1.95. The van der Waals surface area contributed by atoms with E-state index >= 15 is 0 Å². The molecule has 5 nitrogen and oxygen atoms in total. The van der Waals surface area contributed by atoms with Gasteiger partial charge < -0.3 is 4.74 Å². The maximum absolute atomic E-state index is 10.8. The lowest BCUT2D eigenvalue weighted by Crippen LogP contribution is -1.91.